The summed E-state index contributed by atoms with van der Waals surface area (Å²) in [7, 11) is 1.58. The van der Waals surface area contributed by atoms with Crippen LogP contribution in [-0.4, -0.2) is 48.2 Å². The predicted molar refractivity (Wildman–Crippen MR) is 70.8 cm³/mol. The second-order valence-corrected chi connectivity index (χ2v) is 5.07. The number of carboxylic acids is 1. The molecule has 1 aliphatic carbocycles. The molecule has 1 fully saturated rings. The first-order valence-electron chi connectivity index (χ1n) is 6.66. The summed E-state index contributed by atoms with van der Waals surface area (Å²) in [6, 6.07) is 1.38. The molecule has 110 valence electrons. The molecule has 0 aromatic carbocycles. The van der Waals surface area contributed by atoms with Crippen molar-refractivity contribution in [2.45, 2.75) is 25.8 Å². The van der Waals surface area contributed by atoms with Crippen molar-refractivity contribution in [3.05, 3.63) is 23.7 Å². The van der Waals surface area contributed by atoms with Crippen LogP contribution in [0.25, 0.3) is 0 Å². The van der Waals surface area contributed by atoms with Crippen molar-refractivity contribution in [2.75, 3.05) is 20.3 Å². The smallest absolute Gasteiger partial charge is 0.338 e. The largest absolute Gasteiger partial charge is 0.478 e. The highest BCUT2D eigenvalue weighted by Gasteiger charge is 2.35. The monoisotopic (exact) mass is 281 g/mol. The van der Waals surface area contributed by atoms with E-state index < -0.39 is 5.97 Å². The molecule has 1 saturated carbocycles. The van der Waals surface area contributed by atoms with Crippen molar-refractivity contribution in [1.29, 1.82) is 0 Å². The van der Waals surface area contributed by atoms with Crippen LogP contribution in [-0.2, 0) is 4.74 Å². The van der Waals surface area contributed by atoms with Crippen LogP contribution in [0.15, 0.2) is 16.7 Å². The van der Waals surface area contributed by atoms with E-state index in [0.29, 0.717) is 19.1 Å². The molecule has 2 rings (SSSR count). The van der Waals surface area contributed by atoms with Crippen LogP contribution in [0.1, 0.15) is 40.7 Å². The number of rotatable bonds is 7. The zero-order valence-corrected chi connectivity index (χ0v) is 11.7. The molecule has 1 unspecified atom stereocenters. The molecule has 1 aromatic rings. The number of carboxylic acid groups (broad SMARTS) is 1. The van der Waals surface area contributed by atoms with Crippen LogP contribution in [0.4, 0.5) is 0 Å². The minimum Gasteiger partial charge on any atom is -0.478 e. The van der Waals surface area contributed by atoms with Gasteiger partial charge in [0.15, 0.2) is 5.76 Å². The van der Waals surface area contributed by atoms with Crippen molar-refractivity contribution in [3.63, 3.8) is 0 Å². The normalized spacial score (nSPS) is 15.9. The summed E-state index contributed by atoms with van der Waals surface area (Å²) < 4.78 is 10.1. The van der Waals surface area contributed by atoms with E-state index in [-0.39, 0.29) is 23.3 Å². The van der Waals surface area contributed by atoms with Gasteiger partial charge in [0.1, 0.15) is 6.26 Å². The topological polar surface area (TPSA) is 80.0 Å². The fourth-order valence-corrected chi connectivity index (χ4v) is 2.21. The number of carbonyl (C=O) groups excluding carboxylic acids is 1. The number of hydrogen-bond donors (Lipinski definition) is 1. The van der Waals surface area contributed by atoms with Crippen LogP contribution >= 0.6 is 0 Å². The van der Waals surface area contributed by atoms with Crippen LogP contribution in [0.2, 0.25) is 0 Å². The molecule has 0 saturated heterocycles. The molecule has 1 N–H and O–H groups in total. The minimum absolute atomic E-state index is 0.0147. The Morgan fingerprint density at radius 3 is 2.75 bits per heavy atom. The Morgan fingerprint density at radius 1 is 1.55 bits per heavy atom. The van der Waals surface area contributed by atoms with E-state index in [1.165, 1.54) is 6.07 Å². The average Bonchev–Trinajstić information content (AvgIpc) is 3.15. The van der Waals surface area contributed by atoms with Gasteiger partial charge < -0.3 is 19.2 Å². The molecule has 1 aromatic heterocycles. The fourth-order valence-electron chi connectivity index (χ4n) is 2.21. The summed E-state index contributed by atoms with van der Waals surface area (Å²) in [5, 5.41) is 8.86. The quantitative estimate of drug-likeness (QED) is 0.825. The highest BCUT2D eigenvalue weighted by molar-refractivity contribution is 5.95. The van der Waals surface area contributed by atoms with Crippen molar-refractivity contribution >= 4 is 11.9 Å². The lowest BCUT2D eigenvalue weighted by atomic mass is 10.1. The number of methoxy groups -OCH3 is 1. The minimum atomic E-state index is -1.11. The van der Waals surface area contributed by atoms with E-state index in [4.69, 9.17) is 14.3 Å². The fraction of sp³-hybridized carbons (Fsp3) is 0.571. The molecule has 0 radical (unpaired) electrons. The third-order valence-electron chi connectivity index (χ3n) is 3.65. The van der Waals surface area contributed by atoms with Gasteiger partial charge in [-0.1, -0.05) is 0 Å². The number of carbonyl (C=O) groups is 2. The lowest BCUT2D eigenvalue weighted by Gasteiger charge is -2.28. The SMILES string of the molecule is COCCN(C(=O)c1cc(C(=O)O)co1)C(C)C1CC1. The van der Waals surface area contributed by atoms with Gasteiger partial charge in [0.25, 0.3) is 5.91 Å². The zero-order chi connectivity index (χ0) is 14.7. The van der Waals surface area contributed by atoms with E-state index in [1.807, 2.05) is 6.92 Å². The van der Waals surface area contributed by atoms with Crippen molar-refractivity contribution in [3.8, 4) is 0 Å². The summed E-state index contributed by atoms with van der Waals surface area (Å²) in [6.07, 6.45) is 3.33. The lowest BCUT2D eigenvalue weighted by molar-refractivity contribution is 0.0563. The molecular formula is C14H19NO5. The summed E-state index contributed by atoms with van der Waals surface area (Å²) in [6.45, 7) is 2.91. The van der Waals surface area contributed by atoms with Gasteiger partial charge in [-0.2, -0.15) is 0 Å². The van der Waals surface area contributed by atoms with Crippen LogP contribution in [0.5, 0.6) is 0 Å². The standard InChI is InChI=1S/C14H19NO5/c1-9(10-3-4-10)15(5-6-19-2)13(16)12-7-11(8-20-12)14(17)18/h7-10H,3-6H2,1-2H3,(H,17,18). The van der Waals surface area contributed by atoms with Crippen LogP contribution in [0.3, 0.4) is 0 Å². The van der Waals surface area contributed by atoms with Gasteiger partial charge >= 0.3 is 5.97 Å². The zero-order valence-electron chi connectivity index (χ0n) is 11.7. The van der Waals surface area contributed by atoms with Crippen LogP contribution in [0, 0.1) is 5.92 Å². The van der Waals surface area contributed by atoms with E-state index in [2.05, 4.69) is 0 Å². The van der Waals surface area contributed by atoms with Crippen LogP contribution < -0.4 is 0 Å². The molecule has 6 heteroatoms. The van der Waals surface area contributed by atoms with E-state index in [1.54, 1.807) is 12.0 Å². The molecule has 6 nitrogen and oxygen atoms in total. The van der Waals surface area contributed by atoms with Crippen molar-refractivity contribution in [2.24, 2.45) is 5.92 Å². The molecule has 0 aliphatic heterocycles. The molecule has 1 atom stereocenters. The molecular weight excluding hydrogens is 262 g/mol. The number of nitrogens with zero attached hydrogens (tertiary/aromatic N) is 1. The van der Waals surface area contributed by atoms with Gasteiger partial charge in [-0.15, -0.1) is 0 Å². The summed E-state index contributed by atoms with van der Waals surface area (Å²) in [4.78, 5) is 25.0. The third kappa shape index (κ3) is 3.19. The highest BCUT2D eigenvalue weighted by Crippen LogP contribution is 2.35. The first kappa shape index (κ1) is 14.6. The highest BCUT2D eigenvalue weighted by atomic mass is 16.5. The summed E-state index contributed by atoms with van der Waals surface area (Å²) in [5.41, 5.74) is -0.0147. The second-order valence-electron chi connectivity index (χ2n) is 5.07. The maximum absolute atomic E-state index is 12.4. The Labute approximate surface area is 117 Å². The number of ether oxygens (including phenoxy) is 1. The van der Waals surface area contributed by atoms with Crippen molar-refractivity contribution in [1.82, 2.24) is 4.90 Å². The Kier molecular flexibility index (Phi) is 4.44. The first-order chi connectivity index (χ1) is 9.54. The number of furan rings is 1. The van der Waals surface area contributed by atoms with E-state index in [9.17, 15) is 9.59 Å². The van der Waals surface area contributed by atoms with E-state index in [0.717, 1.165) is 19.1 Å². The Morgan fingerprint density at radius 2 is 2.25 bits per heavy atom. The number of hydrogen-bond acceptors (Lipinski definition) is 4. The number of aromatic carboxylic acids is 1. The molecule has 1 aliphatic rings. The molecule has 0 spiro atoms. The van der Waals surface area contributed by atoms with Crippen molar-refractivity contribution < 1.29 is 23.8 Å². The Balaban J connectivity index is 2.13. The average molecular weight is 281 g/mol. The van der Waals surface area contributed by atoms with Gasteiger partial charge in [0.05, 0.1) is 12.2 Å². The van der Waals surface area contributed by atoms with Gasteiger partial charge in [0.2, 0.25) is 0 Å². The maximum Gasteiger partial charge on any atom is 0.338 e. The van der Waals surface area contributed by atoms with Gasteiger partial charge in [0, 0.05) is 25.8 Å². The summed E-state index contributed by atoms with van der Waals surface area (Å²) >= 11 is 0. The third-order valence-corrected chi connectivity index (χ3v) is 3.65. The van der Waals surface area contributed by atoms with E-state index >= 15 is 0 Å². The first-order valence-corrected chi connectivity index (χ1v) is 6.66. The van der Waals surface area contributed by atoms with Gasteiger partial charge in [-0.05, 0) is 25.7 Å². The predicted octanol–water partition coefficient (Wildman–Crippen LogP) is 1.86. The Hall–Kier alpha value is -1.82. The second kappa shape index (κ2) is 6.09. The molecule has 1 heterocycles. The molecule has 0 bridgehead atoms. The maximum atomic E-state index is 12.4. The Bertz CT molecular complexity index is 492. The summed E-state index contributed by atoms with van der Waals surface area (Å²) in [5.74, 6) is -0.809. The molecule has 1 amide bonds. The molecule has 20 heavy (non-hydrogen) atoms. The number of amides is 1. The lowest BCUT2D eigenvalue weighted by Crippen LogP contribution is -2.41. The van der Waals surface area contributed by atoms with Gasteiger partial charge in [-0.3, -0.25) is 4.79 Å². The van der Waals surface area contributed by atoms with Gasteiger partial charge in [-0.25, -0.2) is 4.79 Å².